The molecule has 1 heterocycles. The van der Waals surface area contributed by atoms with E-state index in [0.29, 0.717) is 0 Å². The van der Waals surface area contributed by atoms with Crippen LogP contribution in [-0.4, -0.2) is 11.3 Å². The van der Waals surface area contributed by atoms with Crippen molar-refractivity contribution >= 4 is 16.6 Å². The van der Waals surface area contributed by atoms with Crippen LogP contribution in [0.15, 0.2) is 33.6 Å². The lowest BCUT2D eigenvalue weighted by molar-refractivity contribution is 0.519. The predicted molar refractivity (Wildman–Crippen MR) is 65.9 cm³/mol. The van der Waals surface area contributed by atoms with E-state index in [4.69, 9.17) is 4.42 Å². The van der Waals surface area contributed by atoms with Crippen LogP contribution in [0, 0.1) is 6.92 Å². The Kier molecular flexibility index (Phi) is 3.41. The second kappa shape index (κ2) is 4.80. The summed E-state index contributed by atoms with van der Waals surface area (Å²) in [6.07, 6.45) is 5.81. The molecular formula is C12H15NO2S. The lowest BCUT2D eigenvalue weighted by atomic mass is 10.0. The highest BCUT2D eigenvalue weighted by Crippen LogP contribution is 2.28. The summed E-state index contributed by atoms with van der Waals surface area (Å²) in [4.78, 5) is 0.831. The predicted octanol–water partition coefficient (Wildman–Crippen LogP) is 2.53. The Morgan fingerprint density at radius 1 is 1.44 bits per heavy atom. The first kappa shape index (κ1) is 11.4. The Balaban J connectivity index is 2.27. The summed E-state index contributed by atoms with van der Waals surface area (Å²) >= 11 is 0. The van der Waals surface area contributed by atoms with E-state index in [2.05, 4.69) is 4.72 Å². The van der Waals surface area contributed by atoms with Crippen LogP contribution in [0.25, 0.3) is 5.57 Å². The lowest BCUT2D eigenvalue weighted by Crippen LogP contribution is -2.12. The summed E-state index contributed by atoms with van der Waals surface area (Å²) in [5, 5.41) is 0. The van der Waals surface area contributed by atoms with Crippen LogP contribution in [0.1, 0.15) is 24.4 Å². The summed E-state index contributed by atoms with van der Waals surface area (Å²) < 4.78 is 19.9. The molecule has 0 saturated heterocycles. The molecule has 1 N–H and O–H groups in total. The molecule has 2 rings (SSSR count). The van der Waals surface area contributed by atoms with E-state index in [1.54, 1.807) is 7.05 Å². The molecule has 1 unspecified atom stereocenters. The van der Waals surface area contributed by atoms with E-state index in [0.717, 1.165) is 34.8 Å². The molecule has 0 fully saturated rings. The van der Waals surface area contributed by atoms with Crippen LogP contribution >= 0.6 is 0 Å². The molecule has 1 aliphatic carbocycles. The summed E-state index contributed by atoms with van der Waals surface area (Å²) in [6, 6.07) is 3.91. The highest BCUT2D eigenvalue weighted by Gasteiger charge is 2.13. The van der Waals surface area contributed by atoms with Gasteiger partial charge in [0.1, 0.15) is 22.5 Å². The first-order valence-corrected chi connectivity index (χ1v) is 6.42. The van der Waals surface area contributed by atoms with E-state index < -0.39 is 11.0 Å². The van der Waals surface area contributed by atoms with E-state index in [1.807, 2.05) is 31.2 Å². The first-order chi connectivity index (χ1) is 7.70. The van der Waals surface area contributed by atoms with Gasteiger partial charge in [-0.3, -0.25) is 0 Å². The fraction of sp³-hybridized carbons (Fsp3) is 0.333. The van der Waals surface area contributed by atoms with Crippen molar-refractivity contribution in [2.45, 2.75) is 19.8 Å². The summed E-state index contributed by atoms with van der Waals surface area (Å²) in [6.45, 7) is 1.93. The van der Waals surface area contributed by atoms with Crippen LogP contribution in [0.2, 0.25) is 0 Å². The van der Waals surface area contributed by atoms with E-state index in [-0.39, 0.29) is 0 Å². The SMILES string of the molecule is CNS(=O)C1=CCCC(c2ccc(C)o2)=C1. The van der Waals surface area contributed by atoms with Crippen LogP contribution in [0.4, 0.5) is 0 Å². The van der Waals surface area contributed by atoms with Gasteiger partial charge in [-0.15, -0.1) is 0 Å². The Morgan fingerprint density at radius 3 is 2.88 bits per heavy atom. The van der Waals surface area contributed by atoms with Gasteiger partial charge in [0.05, 0.1) is 4.91 Å². The molecule has 86 valence electrons. The van der Waals surface area contributed by atoms with Gasteiger partial charge in [0.2, 0.25) is 0 Å². The number of nitrogens with one attached hydrogen (secondary N) is 1. The number of allylic oxidation sites excluding steroid dienone is 3. The third-order valence-electron chi connectivity index (χ3n) is 2.53. The molecular weight excluding hydrogens is 222 g/mol. The van der Waals surface area contributed by atoms with Gasteiger partial charge in [0, 0.05) is 0 Å². The van der Waals surface area contributed by atoms with Gasteiger partial charge in [-0.2, -0.15) is 0 Å². The van der Waals surface area contributed by atoms with Crippen LogP contribution < -0.4 is 4.72 Å². The fourth-order valence-corrected chi connectivity index (χ4v) is 2.48. The summed E-state index contributed by atoms with van der Waals surface area (Å²) in [7, 11) is 0.583. The standard InChI is InChI=1S/C12H15NO2S/c1-9-6-7-12(15-9)10-4-3-5-11(8-10)16(14)13-2/h5-8,13H,3-4H2,1-2H3. The lowest BCUT2D eigenvalue weighted by Gasteiger charge is -2.11. The number of hydrogen-bond acceptors (Lipinski definition) is 2. The van der Waals surface area contributed by atoms with E-state index in [1.165, 1.54) is 0 Å². The van der Waals surface area contributed by atoms with Gasteiger partial charge in [-0.05, 0) is 50.6 Å². The average molecular weight is 237 g/mol. The van der Waals surface area contributed by atoms with Crippen molar-refractivity contribution in [3.63, 3.8) is 0 Å². The molecule has 4 heteroatoms. The molecule has 0 spiro atoms. The van der Waals surface area contributed by atoms with Gasteiger partial charge in [0.25, 0.3) is 0 Å². The molecule has 1 aromatic heterocycles. The first-order valence-electron chi connectivity index (χ1n) is 5.27. The third-order valence-corrected chi connectivity index (χ3v) is 3.62. The van der Waals surface area contributed by atoms with Gasteiger partial charge < -0.3 is 4.42 Å². The molecule has 0 radical (unpaired) electrons. The molecule has 0 bridgehead atoms. The minimum atomic E-state index is -1.11. The summed E-state index contributed by atoms with van der Waals surface area (Å²) in [5.41, 5.74) is 1.12. The quantitative estimate of drug-likeness (QED) is 0.877. The van der Waals surface area contributed by atoms with Gasteiger partial charge in [-0.25, -0.2) is 8.93 Å². The largest absolute Gasteiger partial charge is 0.462 e. The minimum absolute atomic E-state index is 0.831. The Bertz CT molecular complexity index is 471. The van der Waals surface area contributed by atoms with E-state index >= 15 is 0 Å². The van der Waals surface area contributed by atoms with Gasteiger partial charge >= 0.3 is 0 Å². The monoisotopic (exact) mass is 237 g/mol. The van der Waals surface area contributed by atoms with Crippen molar-refractivity contribution in [1.29, 1.82) is 0 Å². The fourth-order valence-electron chi connectivity index (χ4n) is 1.72. The van der Waals surface area contributed by atoms with Gasteiger partial charge in [0.15, 0.2) is 0 Å². The zero-order chi connectivity index (χ0) is 11.5. The Morgan fingerprint density at radius 2 is 2.25 bits per heavy atom. The normalized spacial score (nSPS) is 17.9. The van der Waals surface area contributed by atoms with Crippen molar-refractivity contribution in [2.75, 3.05) is 7.05 Å². The van der Waals surface area contributed by atoms with Crippen LogP contribution in [0.3, 0.4) is 0 Å². The molecule has 0 saturated carbocycles. The second-order valence-electron chi connectivity index (χ2n) is 3.70. The third kappa shape index (κ3) is 2.33. The van der Waals surface area contributed by atoms with Crippen molar-refractivity contribution in [1.82, 2.24) is 4.72 Å². The molecule has 0 aliphatic heterocycles. The Labute approximate surface area is 97.8 Å². The molecule has 3 nitrogen and oxygen atoms in total. The Hall–Kier alpha value is -1.13. The molecule has 1 aliphatic rings. The molecule has 1 atom stereocenters. The number of furan rings is 1. The number of hydrogen-bond donors (Lipinski definition) is 1. The molecule has 16 heavy (non-hydrogen) atoms. The highest BCUT2D eigenvalue weighted by atomic mass is 32.2. The average Bonchev–Trinajstić information content (AvgIpc) is 2.75. The second-order valence-corrected chi connectivity index (χ2v) is 5.12. The molecule has 1 aromatic rings. The number of rotatable bonds is 3. The maximum atomic E-state index is 11.6. The zero-order valence-electron chi connectivity index (χ0n) is 9.45. The minimum Gasteiger partial charge on any atom is -0.462 e. The smallest absolute Gasteiger partial charge is 0.130 e. The maximum absolute atomic E-state index is 11.6. The number of aryl methyl sites for hydroxylation is 1. The van der Waals surface area contributed by atoms with Gasteiger partial charge in [-0.1, -0.05) is 6.08 Å². The molecule has 0 amide bonds. The van der Waals surface area contributed by atoms with E-state index in [9.17, 15) is 4.21 Å². The van der Waals surface area contributed by atoms with Crippen molar-refractivity contribution < 1.29 is 8.63 Å². The van der Waals surface area contributed by atoms with Crippen LogP contribution in [0.5, 0.6) is 0 Å². The molecule has 0 aromatic carbocycles. The van der Waals surface area contributed by atoms with Crippen molar-refractivity contribution in [2.24, 2.45) is 0 Å². The van der Waals surface area contributed by atoms with Crippen molar-refractivity contribution in [3.8, 4) is 0 Å². The highest BCUT2D eigenvalue weighted by molar-refractivity contribution is 7.87. The zero-order valence-corrected chi connectivity index (χ0v) is 10.3. The summed E-state index contributed by atoms with van der Waals surface area (Å²) in [5.74, 6) is 1.79. The topological polar surface area (TPSA) is 42.2 Å². The maximum Gasteiger partial charge on any atom is 0.130 e. The van der Waals surface area contributed by atoms with Crippen molar-refractivity contribution in [3.05, 3.63) is 40.7 Å². The van der Waals surface area contributed by atoms with Crippen LogP contribution in [-0.2, 0) is 11.0 Å².